The lowest BCUT2D eigenvalue weighted by atomic mass is 9.76. The van der Waals surface area contributed by atoms with Crippen LogP contribution < -0.4 is 4.74 Å². The van der Waals surface area contributed by atoms with Crippen LogP contribution in [0.1, 0.15) is 37.7 Å². The van der Waals surface area contributed by atoms with Gasteiger partial charge in [0, 0.05) is 51.1 Å². The zero-order chi connectivity index (χ0) is 21.1. The SMILES string of the molecule is COc1ccc(CCC(=O)N2CC(C(=O)N3CCN(C)CC3)C3(CCCC3)C2)cc1. The van der Waals surface area contributed by atoms with Crippen LogP contribution >= 0.6 is 0 Å². The lowest BCUT2D eigenvalue weighted by Crippen LogP contribution is -2.51. The van der Waals surface area contributed by atoms with E-state index in [-0.39, 0.29) is 23.1 Å². The van der Waals surface area contributed by atoms with Gasteiger partial charge in [0.1, 0.15) is 5.75 Å². The van der Waals surface area contributed by atoms with Crippen molar-refractivity contribution in [2.75, 3.05) is 53.4 Å². The molecule has 6 heteroatoms. The Morgan fingerprint density at radius 1 is 1.03 bits per heavy atom. The van der Waals surface area contributed by atoms with Crippen LogP contribution in [0.2, 0.25) is 0 Å². The van der Waals surface area contributed by atoms with Gasteiger partial charge in [0.25, 0.3) is 0 Å². The Hall–Kier alpha value is -2.08. The molecule has 1 atom stereocenters. The summed E-state index contributed by atoms with van der Waals surface area (Å²) in [6, 6.07) is 7.92. The van der Waals surface area contributed by atoms with Crippen LogP contribution in [0.3, 0.4) is 0 Å². The third kappa shape index (κ3) is 4.34. The molecule has 3 aliphatic rings. The van der Waals surface area contributed by atoms with Gasteiger partial charge < -0.3 is 19.4 Å². The van der Waals surface area contributed by atoms with Gasteiger partial charge in [0.15, 0.2) is 0 Å². The second-order valence-electron chi connectivity index (χ2n) is 9.37. The summed E-state index contributed by atoms with van der Waals surface area (Å²) in [4.78, 5) is 32.8. The number of rotatable bonds is 5. The topological polar surface area (TPSA) is 53.1 Å². The maximum Gasteiger partial charge on any atom is 0.228 e. The molecule has 1 unspecified atom stereocenters. The molecular formula is C24H35N3O3. The molecular weight excluding hydrogens is 378 g/mol. The van der Waals surface area contributed by atoms with Crippen molar-refractivity contribution in [3.05, 3.63) is 29.8 Å². The molecule has 1 saturated carbocycles. The summed E-state index contributed by atoms with van der Waals surface area (Å²) in [5.41, 5.74) is 1.15. The summed E-state index contributed by atoms with van der Waals surface area (Å²) in [5.74, 6) is 1.28. The average Bonchev–Trinajstić information content (AvgIpc) is 3.40. The molecule has 0 N–H and O–H groups in total. The van der Waals surface area contributed by atoms with Crippen molar-refractivity contribution in [2.45, 2.75) is 38.5 Å². The third-order valence-corrected chi connectivity index (χ3v) is 7.50. The highest BCUT2D eigenvalue weighted by atomic mass is 16.5. The Bertz CT molecular complexity index is 749. The summed E-state index contributed by atoms with van der Waals surface area (Å²) in [7, 11) is 3.77. The standard InChI is InChI=1S/C24H35N3O3/c1-25-13-15-26(16-14-25)23(29)21-17-27(18-24(21)11-3-4-12-24)22(28)10-7-19-5-8-20(30-2)9-6-19/h5-6,8-9,21H,3-4,7,10-18H2,1-2H3. The zero-order valence-corrected chi connectivity index (χ0v) is 18.4. The molecule has 0 aromatic heterocycles. The number of piperazine rings is 1. The minimum atomic E-state index is -0.0201. The molecule has 4 rings (SSSR count). The Kier molecular flexibility index (Phi) is 6.32. The van der Waals surface area contributed by atoms with E-state index in [4.69, 9.17) is 4.74 Å². The Morgan fingerprint density at radius 3 is 2.33 bits per heavy atom. The van der Waals surface area contributed by atoms with Crippen molar-refractivity contribution in [3.63, 3.8) is 0 Å². The molecule has 0 bridgehead atoms. The molecule has 1 spiro atoms. The van der Waals surface area contributed by atoms with E-state index in [1.807, 2.05) is 29.2 Å². The van der Waals surface area contributed by atoms with Gasteiger partial charge in [-0.3, -0.25) is 9.59 Å². The lowest BCUT2D eigenvalue weighted by Gasteiger charge is -2.37. The highest BCUT2D eigenvalue weighted by molar-refractivity contribution is 5.83. The van der Waals surface area contributed by atoms with Crippen LogP contribution in [0.25, 0.3) is 0 Å². The quantitative estimate of drug-likeness (QED) is 0.744. The molecule has 0 radical (unpaired) electrons. The zero-order valence-electron chi connectivity index (χ0n) is 18.4. The molecule has 30 heavy (non-hydrogen) atoms. The fourth-order valence-corrected chi connectivity index (χ4v) is 5.53. The van der Waals surface area contributed by atoms with Crippen molar-refractivity contribution in [1.29, 1.82) is 0 Å². The molecule has 2 amide bonds. The molecule has 2 aliphatic heterocycles. The van der Waals surface area contributed by atoms with Gasteiger partial charge in [-0.05, 0) is 44.0 Å². The first-order valence-corrected chi connectivity index (χ1v) is 11.4. The van der Waals surface area contributed by atoms with Crippen LogP contribution in [-0.4, -0.2) is 79.9 Å². The van der Waals surface area contributed by atoms with E-state index in [0.717, 1.165) is 63.3 Å². The second-order valence-corrected chi connectivity index (χ2v) is 9.37. The van der Waals surface area contributed by atoms with Gasteiger partial charge in [-0.25, -0.2) is 0 Å². The van der Waals surface area contributed by atoms with Gasteiger partial charge in [-0.1, -0.05) is 25.0 Å². The van der Waals surface area contributed by atoms with Crippen molar-refractivity contribution in [1.82, 2.24) is 14.7 Å². The normalized spacial score (nSPS) is 23.9. The number of amides is 2. The first-order chi connectivity index (χ1) is 14.5. The number of hydrogen-bond donors (Lipinski definition) is 0. The highest BCUT2D eigenvalue weighted by Gasteiger charge is 2.53. The van der Waals surface area contributed by atoms with E-state index >= 15 is 0 Å². The largest absolute Gasteiger partial charge is 0.497 e. The van der Waals surface area contributed by atoms with Gasteiger partial charge in [-0.2, -0.15) is 0 Å². The highest BCUT2D eigenvalue weighted by Crippen LogP contribution is 2.49. The summed E-state index contributed by atoms with van der Waals surface area (Å²) in [6.45, 7) is 4.87. The van der Waals surface area contributed by atoms with Gasteiger partial charge in [0.05, 0.1) is 13.0 Å². The number of methoxy groups -OCH3 is 1. The number of carbonyl (C=O) groups is 2. The molecule has 3 fully saturated rings. The fraction of sp³-hybridized carbons (Fsp3) is 0.667. The van der Waals surface area contributed by atoms with Crippen LogP contribution in [0.4, 0.5) is 0 Å². The van der Waals surface area contributed by atoms with Gasteiger partial charge in [0.2, 0.25) is 11.8 Å². The smallest absolute Gasteiger partial charge is 0.228 e. The van der Waals surface area contributed by atoms with Crippen LogP contribution in [0.15, 0.2) is 24.3 Å². The summed E-state index contributed by atoms with van der Waals surface area (Å²) in [6.07, 6.45) is 5.75. The first-order valence-electron chi connectivity index (χ1n) is 11.4. The number of nitrogens with zero attached hydrogens (tertiary/aromatic N) is 3. The van der Waals surface area contributed by atoms with E-state index in [1.54, 1.807) is 7.11 Å². The Labute approximate surface area is 180 Å². The second kappa shape index (κ2) is 8.96. The predicted molar refractivity (Wildman–Crippen MR) is 116 cm³/mol. The maximum atomic E-state index is 13.4. The fourth-order valence-electron chi connectivity index (χ4n) is 5.53. The van der Waals surface area contributed by atoms with Gasteiger partial charge in [-0.15, -0.1) is 0 Å². The van der Waals surface area contributed by atoms with Crippen LogP contribution in [-0.2, 0) is 16.0 Å². The van der Waals surface area contributed by atoms with E-state index in [9.17, 15) is 9.59 Å². The van der Waals surface area contributed by atoms with Gasteiger partial charge >= 0.3 is 0 Å². The van der Waals surface area contributed by atoms with E-state index < -0.39 is 0 Å². The minimum absolute atomic E-state index is 0.0101. The monoisotopic (exact) mass is 413 g/mol. The minimum Gasteiger partial charge on any atom is -0.497 e. The molecule has 2 saturated heterocycles. The van der Waals surface area contributed by atoms with E-state index in [0.29, 0.717) is 13.0 Å². The number of benzene rings is 1. The number of carbonyl (C=O) groups excluding carboxylic acids is 2. The Morgan fingerprint density at radius 2 is 1.70 bits per heavy atom. The Balaban J connectivity index is 1.39. The summed E-state index contributed by atoms with van der Waals surface area (Å²) >= 11 is 0. The average molecular weight is 414 g/mol. The number of aryl methyl sites for hydroxylation is 1. The van der Waals surface area contributed by atoms with Crippen molar-refractivity contribution >= 4 is 11.8 Å². The number of likely N-dealkylation sites (N-methyl/N-ethyl adjacent to an activating group) is 1. The molecule has 2 heterocycles. The first kappa shape index (κ1) is 21.2. The van der Waals surface area contributed by atoms with Crippen molar-refractivity contribution in [3.8, 4) is 5.75 Å². The lowest BCUT2D eigenvalue weighted by molar-refractivity contribution is -0.140. The number of hydrogen-bond acceptors (Lipinski definition) is 4. The third-order valence-electron chi connectivity index (χ3n) is 7.50. The molecule has 164 valence electrons. The molecule has 1 aromatic rings. The van der Waals surface area contributed by atoms with Crippen molar-refractivity contribution < 1.29 is 14.3 Å². The van der Waals surface area contributed by atoms with Crippen molar-refractivity contribution in [2.24, 2.45) is 11.3 Å². The summed E-state index contributed by atoms with van der Waals surface area (Å²) < 4.78 is 5.21. The number of likely N-dealkylation sites (tertiary alicyclic amines) is 1. The molecule has 6 nitrogen and oxygen atoms in total. The number of ether oxygens (including phenoxy) is 1. The van der Waals surface area contributed by atoms with E-state index in [1.165, 1.54) is 12.8 Å². The van der Waals surface area contributed by atoms with Crippen LogP contribution in [0.5, 0.6) is 5.75 Å². The molecule has 1 aliphatic carbocycles. The summed E-state index contributed by atoms with van der Waals surface area (Å²) in [5, 5.41) is 0. The predicted octanol–water partition coefficient (Wildman–Crippen LogP) is 2.42. The molecule has 1 aromatic carbocycles. The van der Waals surface area contributed by atoms with E-state index in [2.05, 4.69) is 16.8 Å². The van der Waals surface area contributed by atoms with Crippen LogP contribution in [0, 0.1) is 11.3 Å². The maximum absolute atomic E-state index is 13.4.